The van der Waals surface area contributed by atoms with E-state index in [2.05, 4.69) is 35.6 Å². The van der Waals surface area contributed by atoms with E-state index in [0.29, 0.717) is 22.4 Å². The summed E-state index contributed by atoms with van der Waals surface area (Å²) in [6.45, 7) is 10.2. The Morgan fingerprint density at radius 2 is 2.00 bits per heavy atom. The van der Waals surface area contributed by atoms with Crippen LogP contribution in [0.1, 0.15) is 32.3 Å². The highest BCUT2D eigenvalue weighted by atomic mass is 35.5. The number of hydrogen-bond donors (Lipinski definition) is 1. The molecular weight excluding hydrogens is 357 g/mol. The lowest BCUT2D eigenvalue weighted by Gasteiger charge is -2.16. The number of unbranched alkanes of at least 4 members (excludes halogenated alkanes) is 1. The van der Waals surface area contributed by atoms with Gasteiger partial charge in [-0.2, -0.15) is 5.10 Å². The quantitative estimate of drug-likeness (QED) is 0.577. The maximum absolute atomic E-state index is 6.38. The van der Waals surface area contributed by atoms with E-state index in [-0.39, 0.29) is 0 Å². The van der Waals surface area contributed by atoms with Crippen LogP contribution in [0.15, 0.2) is 30.5 Å². The molecule has 0 bridgehead atoms. The van der Waals surface area contributed by atoms with E-state index in [1.165, 1.54) is 12.8 Å². The number of rotatable bonds is 9. The zero-order chi connectivity index (χ0) is 18.4. The van der Waals surface area contributed by atoms with E-state index >= 15 is 0 Å². The van der Waals surface area contributed by atoms with Gasteiger partial charge in [0.25, 0.3) is 0 Å². The standard InChI is InChI=1S/C19H25Cl2N3O/c1-5-6-7-24(4)11-15-10-22-23-18(15)14-8-16(20)19(17(21)9-14)25-12-13(2)3/h8-10H,2,5-7,11-12H2,1,3-4H3,(H,22,23). The SMILES string of the molecule is C=C(C)COc1c(Cl)cc(-c2[nH]ncc2CN(C)CCCC)cc1Cl. The first-order valence-corrected chi connectivity index (χ1v) is 9.15. The zero-order valence-electron chi connectivity index (χ0n) is 15.0. The number of aromatic nitrogens is 2. The van der Waals surface area contributed by atoms with Crippen LogP contribution in [0.3, 0.4) is 0 Å². The number of nitrogens with one attached hydrogen (secondary N) is 1. The fraction of sp³-hybridized carbons (Fsp3) is 0.421. The second kappa shape index (κ2) is 9.27. The van der Waals surface area contributed by atoms with Gasteiger partial charge in [-0.3, -0.25) is 5.10 Å². The van der Waals surface area contributed by atoms with Gasteiger partial charge >= 0.3 is 0 Å². The molecule has 0 atom stereocenters. The lowest BCUT2D eigenvalue weighted by Crippen LogP contribution is -2.19. The molecule has 25 heavy (non-hydrogen) atoms. The van der Waals surface area contributed by atoms with Crippen molar-refractivity contribution in [3.8, 4) is 17.0 Å². The Bertz CT molecular complexity index is 704. The smallest absolute Gasteiger partial charge is 0.156 e. The van der Waals surface area contributed by atoms with Crippen LogP contribution in [0, 0.1) is 0 Å². The van der Waals surface area contributed by atoms with Crippen molar-refractivity contribution in [3.63, 3.8) is 0 Å². The van der Waals surface area contributed by atoms with Gasteiger partial charge in [0.1, 0.15) is 6.61 Å². The molecule has 2 aromatic rings. The lowest BCUT2D eigenvalue weighted by atomic mass is 10.1. The summed E-state index contributed by atoms with van der Waals surface area (Å²) in [6, 6.07) is 3.70. The van der Waals surface area contributed by atoms with Gasteiger partial charge in [0.2, 0.25) is 0 Å². The van der Waals surface area contributed by atoms with Crippen LogP contribution < -0.4 is 4.74 Å². The summed E-state index contributed by atoms with van der Waals surface area (Å²) < 4.78 is 5.64. The van der Waals surface area contributed by atoms with Crippen LogP contribution in [0.25, 0.3) is 11.3 Å². The lowest BCUT2D eigenvalue weighted by molar-refractivity contribution is 0.321. The first-order valence-electron chi connectivity index (χ1n) is 8.39. The summed E-state index contributed by atoms with van der Waals surface area (Å²) in [5, 5.41) is 8.20. The number of H-pyrrole nitrogens is 1. The number of nitrogens with zero attached hydrogens (tertiary/aromatic N) is 2. The monoisotopic (exact) mass is 381 g/mol. The van der Waals surface area contributed by atoms with Crippen LogP contribution in [-0.2, 0) is 6.54 Å². The van der Waals surface area contributed by atoms with E-state index in [1.54, 1.807) is 0 Å². The highest BCUT2D eigenvalue weighted by Gasteiger charge is 2.15. The van der Waals surface area contributed by atoms with E-state index in [1.807, 2.05) is 25.3 Å². The number of aromatic amines is 1. The van der Waals surface area contributed by atoms with E-state index < -0.39 is 0 Å². The maximum Gasteiger partial charge on any atom is 0.156 e. The van der Waals surface area contributed by atoms with Crippen molar-refractivity contribution in [1.82, 2.24) is 15.1 Å². The van der Waals surface area contributed by atoms with Gasteiger partial charge in [-0.25, -0.2) is 0 Å². The van der Waals surface area contributed by atoms with Gasteiger partial charge in [0.05, 0.1) is 21.9 Å². The Kier molecular flexibility index (Phi) is 7.36. The molecule has 0 aliphatic rings. The van der Waals surface area contributed by atoms with Crippen molar-refractivity contribution in [1.29, 1.82) is 0 Å². The van der Waals surface area contributed by atoms with Crippen molar-refractivity contribution in [3.05, 3.63) is 46.1 Å². The molecule has 2 rings (SSSR count). The molecular formula is C19H25Cl2N3O. The predicted molar refractivity (Wildman–Crippen MR) is 106 cm³/mol. The molecule has 1 aromatic carbocycles. The van der Waals surface area contributed by atoms with Crippen molar-refractivity contribution in [2.45, 2.75) is 33.2 Å². The fourth-order valence-corrected chi connectivity index (χ4v) is 3.11. The second-order valence-corrected chi connectivity index (χ2v) is 7.19. The zero-order valence-corrected chi connectivity index (χ0v) is 16.5. The predicted octanol–water partition coefficient (Wildman–Crippen LogP) is 5.57. The summed E-state index contributed by atoms with van der Waals surface area (Å²) >= 11 is 12.8. The van der Waals surface area contributed by atoms with E-state index in [4.69, 9.17) is 27.9 Å². The highest BCUT2D eigenvalue weighted by Crippen LogP contribution is 2.38. The number of hydrogen-bond acceptors (Lipinski definition) is 3. The van der Waals surface area contributed by atoms with Crippen molar-refractivity contribution in [2.24, 2.45) is 0 Å². The van der Waals surface area contributed by atoms with Crippen LogP contribution in [0.2, 0.25) is 10.0 Å². The third kappa shape index (κ3) is 5.50. The van der Waals surface area contributed by atoms with Gasteiger partial charge in [0, 0.05) is 17.7 Å². The molecule has 0 fully saturated rings. The normalized spacial score (nSPS) is 11.1. The average Bonchev–Trinajstić information content (AvgIpc) is 2.99. The van der Waals surface area contributed by atoms with Crippen molar-refractivity contribution >= 4 is 23.2 Å². The Balaban J connectivity index is 2.22. The summed E-state index contributed by atoms with van der Waals surface area (Å²) in [7, 11) is 2.11. The molecule has 0 saturated heterocycles. The minimum absolute atomic E-state index is 0.385. The molecule has 0 aliphatic carbocycles. The molecule has 1 heterocycles. The molecule has 0 aliphatic heterocycles. The minimum atomic E-state index is 0.385. The molecule has 0 amide bonds. The Morgan fingerprint density at radius 3 is 2.60 bits per heavy atom. The van der Waals surface area contributed by atoms with E-state index in [0.717, 1.165) is 35.5 Å². The first kappa shape index (κ1) is 19.8. The molecule has 0 spiro atoms. The summed E-state index contributed by atoms with van der Waals surface area (Å²) in [4.78, 5) is 2.28. The summed E-state index contributed by atoms with van der Waals surface area (Å²) in [5.74, 6) is 0.483. The maximum atomic E-state index is 6.38. The third-order valence-corrected chi connectivity index (χ3v) is 4.36. The molecule has 1 N–H and O–H groups in total. The number of ether oxygens (including phenoxy) is 1. The van der Waals surface area contributed by atoms with Crippen molar-refractivity contribution < 1.29 is 4.74 Å². The number of benzene rings is 1. The first-order chi connectivity index (χ1) is 11.9. The highest BCUT2D eigenvalue weighted by molar-refractivity contribution is 6.37. The van der Waals surface area contributed by atoms with Crippen LogP contribution in [-0.4, -0.2) is 35.3 Å². The van der Waals surface area contributed by atoms with Crippen LogP contribution in [0.5, 0.6) is 5.75 Å². The summed E-state index contributed by atoms with van der Waals surface area (Å²) in [5.41, 5.74) is 3.84. The minimum Gasteiger partial charge on any atom is -0.486 e. The van der Waals surface area contributed by atoms with Crippen LogP contribution >= 0.6 is 23.2 Å². The van der Waals surface area contributed by atoms with Gasteiger partial charge < -0.3 is 9.64 Å². The number of halogens is 2. The molecule has 0 saturated carbocycles. The van der Waals surface area contributed by atoms with Gasteiger partial charge in [-0.05, 0) is 44.6 Å². The van der Waals surface area contributed by atoms with Crippen molar-refractivity contribution in [2.75, 3.05) is 20.2 Å². The average molecular weight is 382 g/mol. The van der Waals surface area contributed by atoms with Gasteiger partial charge in [-0.15, -0.1) is 0 Å². The van der Waals surface area contributed by atoms with Gasteiger partial charge in [0.15, 0.2) is 5.75 Å². The topological polar surface area (TPSA) is 41.1 Å². The third-order valence-electron chi connectivity index (χ3n) is 3.80. The molecule has 136 valence electrons. The van der Waals surface area contributed by atoms with E-state index in [9.17, 15) is 0 Å². The molecule has 4 nitrogen and oxygen atoms in total. The second-order valence-electron chi connectivity index (χ2n) is 6.38. The fourth-order valence-electron chi connectivity index (χ4n) is 2.52. The molecule has 0 unspecified atom stereocenters. The van der Waals surface area contributed by atoms with Crippen LogP contribution in [0.4, 0.5) is 0 Å². The largest absolute Gasteiger partial charge is 0.486 e. The van der Waals surface area contributed by atoms with Gasteiger partial charge in [-0.1, -0.05) is 43.1 Å². The molecule has 0 radical (unpaired) electrons. The molecule has 1 aromatic heterocycles. The Morgan fingerprint density at radius 1 is 1.32 bits per heavy atom. The molecule has 6 heteroatoms. The Labute approximate surface area is 159 Å². The Hall–Kier alpha value is -1.49. The summed E-state index contributed by atoms with van der Waals surface area (Å²) in [6.07, 6.45) is 4.21.